The van der Waals surface area contributed by atoms with Gasteiger partial charge in [0.15, 0.2) is 0 Å². The van der Waals surface area contributed by atoms with Gasteiger partial charge in [0, 0.05) is 12.2 Å². The molecule has 6 heteroatoms. The summed E-state index contributed by atoms with van der Waals surface area (Å²) in [4.78, 5) is 0.259. The lowest BCUT2D eigenvalue weighted by Crippen LogP contribution is -2.38. The van der Waals surface area contributed by atoms with Crippen LogP contribution in [0.5, 0.6) is 0 Å². The van der Waals surface area contributed by atoms with E-state index in [1.165, 1.54) is 6.07 Å². The Morgan fingerprint density at radius 2 is 2.11 bits per heavy atom. The monoisotopic (exact) mass is 284 g/mol. The standard InChI is InChI=1S/C13H20N2O3S/c1-2-10-3-4-11(14)7-13(10)19(17,18)15-8-9-5-12(16)6-9/h3-4,7,9,12,15-16H,2,5-6,8,14H2,1H3. The Morgan fingerprint density at radius 3 is 2.68 bits per heavy atom. The first-order valence-corrected chi connectivity index (χ1v) is 7.97. The van der Waals surface area contributed by atoms with E-state index in [1.54, 1.807) is 12.1 Å². The molecular weight excluding hydrogens is 264 g/mol. The Hall–Kier alpha value is -1.11. The minimum absolute atomic E-state index is 0.232. The third kappa shape index (κ3) is 3.26. The highest BCUT2D eigenvalue weighted by Crippen LogP contribution is 2.27. The molecule has 0 aliphatic heterocycles. The van der Waals surface area contributed by atoms with E-state index in [0.29, 0.717) is 31.5 Å². The molecule has 4 N–H and O–H groups in total. The molecule has 0 amide bonds. The lowest BCUT2D eigenvalue weighted by Gasteiger charge is -2.31. The molecule has 1 saturated carbocycles. The SMILES string of the molecule is CCc1ccc(N)cc1S(=O)(=O)NCC1CC(O)C1. The molecule has 0 unspecified atom stereocenters. The summed E-state index contributed by atoms with van der Waals surface area (Å²) in [5, 5.41) is 9.19. The number of rotatable bonds is 5. The van der Waals surface area contributed by atoms with Gasteiger partial charge in [0.2, 0.25) is 10.0 Å². The molecular formula is C13H20N2O3S. The summed E-state index contributed by atoms with van der Waals surface area (Å²) in [6, 6.07) is 4.95. The number of sulfonamides is 1. The molecule has 1 fully saturated rings. The molecule has 106 valence electrons. The van der Waals surface area contributed by atoms with E-state index in [9.17, 15) is 13.5 Å². The van der Waals surface area contributed by atoms with Gasteiger partial charge in [-0.15, -0.1) is 0 Å². The van der Waals surface area contributed by atoms with Gasteiger partial charge in [-0.2, -0.15) is 0 Å². The topological polar surface area (TPSA) is 92.4 Å². The van der Waals surface area contributed by atoms with Crippen LogP contribution in [0.2, 0.25) is 0 Å². The number of nitrogens with two attached hydrogens (primary N) is 1. The van der Waals surface area contributed by atoms with Crippen LogP contribution in [0.15, 0.2) is 23.1 Å². The normalized spacial score (nSPS) is 23.1. The largest absolute Gasteiger partial charge is 0.399 e. The van der Waals surface area contributed by atoms with Crippen LogP contribution in [0.25, 0.3) is 0 Å². The van der Waals surface area contributed by atoms with E-state index in [2.05, 4.69) is 4.72 Å². The Morgan fingerprint density at radius 1 is 1.42 bits per heavy atom. The van der Waals surface area contributed by atoms with Crippen molar-refractivity contribution in [3.8, 4) is 0 Å². The summed E-state index contributed by atoms with van der Waals surface area (Å²) in [5.41, 5.74) is 6.87. The van der Waals surface area contributed by atoms with Gasteiger partial charge in [-0.3, -0.25) is 0 Å². The Balaban J connectivity index is 2.12. The van der Waals surface area contributed by atoms with Crippen LogP contribution in [-0.4, -0.2) is 26.2 Å². The molecule has 1 aliphatic carbocycles. The van der Waals surface area contributed by atoms with E-state index < -0.39 is 10.0 Å². The fourth-order valence-electron chi connectivity index (χ4n) is 2.29. The number of aliphatic hydroxyl groups excluding tert-OH is 1. The van der Waals surface area contributed by atoms with Crippen molar-refractivity contribution in [3.63, 3.8) is 0 Å². The number of nitrogens with one attached hydrogen (secondary N) is 1. The molecule has 1 aliphatic rings. The van der Waals surface area contributed by atoms with Crippen LogP contribution in [0.1, 0.15) is 25.3 Å². The van der Waals surface area contributed by atoms with Crippen molar-refractivity contribution in [2.45, 2.75) is 37.2 Å². The van der Waals surface area contributed by atoms with E-state index in [-0.39, 0.29) is 16.9 Å². The van der Waals surface area contributed by atoms with Crippen molar-refractivity contribution >= 4 is 15.7 Å². The number of nitrogen functional groups attached to an aromatic ring is 1. The highest BCUT2D eigenvalue weighted by molar-refractivity contribution is 7.89. The third-order valence-electron chi connectivity index (χ3n) is 3.53. The molecule has 0 atom stereocenters. The zero-order valence-electron chi connectivity index (χ0n) is 11.0. The first-order chi connectivity index (χ1) is 8.92. The lowest BCUT2D eigenvalue weighted by atomic mass is 9.83. The van der Waals surface area contributed by atoms with Crippen LogP contribution in [0, 0.1) is 5.92 Å². The van der Waals surface area contributed by atoms with Crippen molar-refractivity contribution in [3.05, 3.63) is 23.8 Å². The minimum atomic E-state index is -3.53. The number of benzene rings is 1. The summed E-state index contributed by atoms with van der Waals surface area (Å²) in [6.45, 7) is 2.28. The van der Waals surface area contributed by atoms with E-state index in [0.717, 1.165) is 5.56 Å². The first kappa shape index (κ1) is 14.3. The summed E-state index contributed by atoms with van der Waals surface area (Å²) < 4.78 is 27.1. The van der Waals surface area contributed by atoms with Gasteiger partial charge in [-0.25, -0.2) is 13.1 Å². The van der Waals surface area contributed by atoms with Crippen LogP contribution in [-0.2, 0) is 16.4 Å². The van der Waals surface area contributed by atoms with Crippen LogP contribution in [0.4, 0.5) is 5.69 Å². The van der Waals surface area contributed by atoms with Crippen molar-refractivity contribution in [1.82, 2.24) is 4.72 Å². The van der Waals surface area contributed by atoms with Gasteiger partial charge in [0.25, 0.3) is 0 Å². The maximum atomic E-state index is 12.3. The van der Waals surface area contributed by atoms with E-state index in [1.807, 2.05) is 6.92 Å². The Kier molecular flexibility index (Phi) is 4.13. The predicted molar refractivity (Wildman–Crippen MR) is 74.2 cm³/mol. The highest BCUT2D eigenvalue weighted by Gasteiger charge is 2.28. The number of hydrogen-bond donors (Lipinski definition) is 3. The highest BCUT2D eigenvalue weighted by atomic mass is 32.2. The van der Waals surface area contributed by atoms with Gasteiger partial charge < -0.3 is 10.8 Å². The number of hydrogen-bond acceptors (Lipinski definition) is 4. The maximum absolute atomic E-state index is 12.3. The molecule has 1 aromatic carbocycles. The molecule has 5 nitrogen and oxygen atoms in total. The molecule has 0 radical (unpaired) electrons. The van der Waals surface area contributed by atoms with E-state index in [4.69, 9.17) is 5.73 Å². The maximum Gasteiger partial charge on any atom is 0.240 e. The molecule has 0 aromatic heterocycles. The summed E-state index contributed by atoms with van der Waals surface area (Å²) in [5.74, 6) is 0.232. The second-order valence-corrected chi connectivity index (χ2v) is 6.80. The van der Waals surface area contributed by atoms with Gasteiger partial charge in [-0.05, 0) is 42.9 Å². The lowest BCUT2D eigenvalue weighted by molar-refractivity contribution is 0.0453. The van der Waals surface area contributed by atoms with Crippen molar-refractivity contribution in [2.24, 2.45) is 5.92 Å². The number of anilines is 1. The second-order valence-electron chi connectivity index (χ2n) is 5.06. The molecule has 0 bridgehead atoms. The zero-order valence-corrected chi connectivity index (χ0v) is 11.8. The summed E-state index contributed by atoms with van der Waals surface area (Å²) in [6.07, 6.45) is 1.70. The molecule has 0 saturated heterocycles. The minimum Gasteiger partial charge on any atom is -0.399 e. The first-order valence-electron chi connectivity index (χ1n) is 6.48. The Bertz CT molecular complexity index is 551. The quantitative estimate of drug-likeness (QED) is 0.700. The van der Waals surface area contributed by atoms with Gasteiger partial charge in [0.05, 0.1) is 11.0 Å². The molecule has 0 spiro atoms. The third-order valence-corrected chi connectivity index (χ3v) is 5.04. The Labute approximate surface area is 113 Å². The molecule has 19 heavy (non-hydrogen) atoms. The number of aliphatic hydroxyl groups is 1. The molecule has 0 heterocycles. The van der Waals surface area contributed by atoms with Crippen LogP contribution < -0.4 is 10.5 Å². The van der Waals surface area contributed by atoms with Crippen molar-refractivity contribution in [1.29, 1.82) is 0 Å². The molecule has 2 rings (SSSR count). The number of aryl methyl sites for hydroxylation is 1. The van der Waals surface area contributed by atoms with Gasteiger partial charge in [0.1, 0.15) is 0 Å². The van der Waals surface area contributed by atoms with Gasteiger partial charge in [-0.1, -0.05) is 13.0 Å². The summed E-state index contributed by atoms with van der Waals surface area (Å²) >= 11 is 0. The van der Waals surface area contributed by atoms with Crippen molar-refractivity contribution < 1.29 is 13.5 Å². The predicted octanol–water partition coefficient (Wildman–Crippen LogP) is 0.880. The fourth-order valence-corrected chi connectivity index (χ4v) is 3.75. The average Bonchev–Trinajstić information content (AvgIpc) is 2.33. The summed E-state index contributed by atoms with van der Waals surface area (Å²) in [7, 11) is -3.53. The van der Waals surface area contributed by atoms with Gasteiger partial charge >= 0.3 is 0 Å². The fraction of sp³-hybridized carbons (Fsp3) is 0.538. The second kappa shape index (κ2) is 5.48. The van der Waals surface area contributed by atoms with Crippen LogP contribution >= 0.6 is 0 Å². The van der Waals surface area contributed by atoms with Crippen LogP contribution in [0.3, 0.4) is 0 Å². The van der Waals surface area contributed by atoms with E-state index >= 15 is 0 Å². The smallest absolute Gasteiger partial charge is 0.240 e. The average molecular weight is 284 g/mol. The van der Waals surface area contributed by atoms with Crippen molar-refractivity contribution in [2.75, 3.05) is 12.3 Å². The molecule has 1 aromatic rings. The zero-order chi connectivity index (χ0) is 14.0.